The molecule has 0 N–H and O–H groups in total. The van der Waals surface area contributed by atoms with Crippen molar-refractivity contribution in [2.24, 2.45) is 0 Å². The second-order valence-electron chi connectivity index (χ2n) is 4.53. The van der Waals surface area contributed by atoms with Gasteiger partial charge in [0, 0.05) is 5.57 Å². The molecule has 0 rings (SSSR count). The summed E-state index contributed by atoms with van der Waals surface area (Å²) in [7, 11) is 0. The molecule has 0 atom stereocenters. The van der Waals surface area contributed by atoms with Crippen molar-refractivity contribution in [3.63, 3.8) is 0 Å². The van der Waals surface area contributed by atoms with Gasteiger partial charge in [0.15, 0.2) is 0 Å². The molecule has 0 radical (unpaired) electrons. The van der Waals surface area contributed by atoms with Crippen LogP contribution in [0.2, 0.25) is 0 Å². The molecule has 0 fully saturated rings. The first-order chi connectivity index (χ1) is 6.37. The van der Waals surface area contributed by atoms with Crippen LogP contribution in [-0.2, 0) is 9.53 Å². The minimum atomic E-state index is -0.392. The molecule has 0 saturated carbocycles. The van der Waals surface area contributed by atoms with Crippen molar-refractivity contribution < 1.29 is 9.53 Å². The monoisotopic (exact) mass is 198 g/mol. The molecule has 2 nitrogen and oxygen atoms in total. The second-order valence-corrected chi connectivity index (χ2v) is 4.53. The summed E-state index contributed by atoms with van der Waals surface area (Å²) in [5, 5.41) is 0. The van der Waals surface area contributed by atoms with Gasteiger partial charge < -0.3 is 4.74 Å². The van der Waals surface area contributed by atoms with Crippen molar-refractivity contribution in [1.82, 2.24) is 0 Å². The molecule has 0 aliphatic rings. The highest BCUT2D eigenvalue weighted by Crippen LogP contribution is 2.11. The summed E-state index contributed by atoms with van der Waals surface area (Å²) in [6, 6.07) is 0. The van der Waals surface area contributed by atoms with Crippen LogP contribution in [0, 0.1) is 0 Å². The zero-order valence-electron chi connectivity index (χ0n) is 10.0. The molecule has 0 bridgehead atoms. The SMILES string of the molecule is CCCCC=C(C)C(=O)OC(C)(C)C. The maximum absolute atomic E-state index is 11.5. The predicted octanol–water partition coefficient (Wildman–Crippen LogP) is 3.46. The number of rotatable bonds is 4. The molecule has 82 valence electrons. The van der Waals surface area contributed by atoms with Crippen molar-refractivity contribution in [2.45, 2.75) is 59.5 Å². The Hall–Kier alpha value is -0.790. The van der Waals surface area contributed by atoms with Crippen molar-refractivity contribution in [3.05, 3.63) is 11.6 Å². The van der Waals surface area contributed by atoms with E-state index in [1.807, 2.05) is 33.8 Å². The fourth-order valence-electron chi connectivity index (χ4n) is 0.965. The largest absolute Gasteiger partial charge is 0.457 e. The Labute approximate surface area is 87.3 Å². The van der Waals surface area contributed by atoms with E-state index in [2.05, 4.69) is 6.92 Å². The molecular formula is C12H22O2. The van der Waals surface area contributed by atoms with Crippen LogP contribution in [-0.4, -0.2) is 11.6 Å². The molecular weight excluding hydrogens is 176 g/mol. The smallest absolute Gasteiger partial charge is 0.333 e. The quantitative estimate of drug-likeness (QED) is 0.393. The number of ether oxygens (including phenoxy) is 1. The number of carbonyl (C=O) groups is 1. The fraction of sp³-hybridized carbons (Fsp3) is 0.750. The van der Waals surface area contributed by atoms with Gasteiger partial charge in [0.2, 0.25) is 0 Å². The lowest BCUT2D eigenvalue weighted by atomic mass is 10.1. The van der Waals surface area contributed by atoms with Crippen molar-refractivity contribution >= 4 is 5.97 Å². The van der Waals surface area contributed by atoms with Gasteiger partial charge in [0.25, 0.3) is 0 Å². The topological polar surface area (TPSA) is 26.3 Å². The number of carbonyl (C=O) groups excluding carboxylic acids is 1. The third-order valence-electron chi connectivity index (χ3n) is 1.73. The molecule has 0 amide bonds. The highest BCUT2D eigenvalue weighted by Gasteiger charge is 2.16. The number of unbranched alkanes of at least 4 members (excludes halogenated alkanes) is 2. The zero-order chi connectivity index (χ0) is 11.2. The molecule has 0 aromatic rings. The Morgan fingerprint density at radius 1 is 1.36 bits per heavy atom. The van der Waals surface area contributed by atoms with E-state index in [-0.39, 0.29) is 5.97 Å². The number of hydrogen-bond donors (Lipinski definition) is 0. The van der Waals surface area contributed by atoms with E-state index in [0.717, 1.165) is 19.3 Å². The average molecular weight is 198 g/mol. The highest BCUT2D eigenvalue weighted by atomic mass is 16.6. The van der Waals surface area contributed by atoms with E-state index < -0.39 is 5.60 Å². The van der Waals surface area contributed by atoms with Crippen molar-refractivity contribution in [3.8, 4) is 0 Å². The standard InChI is InChI=1S/C12H22O2/c1-6-7-8-9-10(2)11(13)14-12(3,4)5/h9H,6-8H2,1-5H3. The van der Waals surface area contributed by atoms with Gasteiger partial charge in [-0.2, -0.15) is 0 Å². The van der Waals surface area contributed by atoms with Crippen molar-refractivity contribution in [1.29, 1.82) is 0 Å². The average Bonchev–Trinajstić information content (AvgIpc) is 2.01. The molecule has 0 spiro atoms. The number of hydrogen-bond acceptors (Lipinski definition) is 2. The van der Waals surface area contributed by atoms with Gasteiger partial charge in [-0.1, -0.05) is 25.8 Å². The fourth-order valence-corrected chi connectivity index (χ4v) is 0.965. The Balaban J connectivity index is 4.05. The van der Waals surface area contributed by atoms with Crippen LogP contribution >= 0.6 is 0 Å². The Kier molecular flexibility index (Phi) is 5.51. The summed E-state index contributed by atoms with van der Waals surface area (Å²) in [5.41, 5.74) is 0.324. The predicted molar refractivity (Wildman–Crippen MR) is 59.1 cm³/mol. The van der Waals surface area contributed by atoms with Gasteiger partial charge in [0.1, 0.15) is 5.60 Å². The summed E-state index contributed by atoms with van der Waals surface area (Å²) >= 11 is 0. The summed E-state index contributed by atoms with van der Waals surface area (Å²) < 4.78 is 5.22. The number of esters is 1. The van der Waals surface area contributed by atoms with E-state index in [4.69, 9.17) is 4.74 Å². The van der Waals surface area contributed by atoms with E-state index in [9.17, 15) is 4.79 Å². The van der Waals surface area contributed by atoms with Crippen LogP contribution in [0.15, 0.2) is 11.6 Å². The normalized spacial score (nSPS) is 12.8. The zero-order valence-corrected chi connectivity index (χ0v) is 10.0. The van der Waals surface area contributed by atoms with E-state index in [1.165, 1.54) is 0 Å². The van der Waals surface area contributed by atoms with Gasteiger partial charge in [-0.25, -0.2) is 4.79 Å². The molecule has 14 heavy (non-hydrogen) atoms. The van der Waals surface area contributed by atoms with Crippen LogP contribution in [0.5, 0.6) is 0 Å². The van der Waals surface area contributed by atoms with Crippen LogP contribution in [0.1, 0.15) is 53.9 Å². The summed E-state index contributed by atoms with van der Waals surface area (Å²) in [4.78, 5) is 11.5. The Morgan fingerprint density at radius 2 is 1.93 bits per heavy atom. The van der Waals surface area contributed by atoms with Gasteiger partial charge in [-0.05, 0) is 34.1 Å². The Morgan fingerprint density at radius 3 is 2.36 bits per heavy atom. The first-order valence-electron chi connectivity index (χ1n) is 5.27. The Bertz CT molecular complexity index is 209. The second kappa shape index (κ2) is 5.84. The van der Waals surface area contributed by atoms with Crippen LogP contribution in [0.3, 0.4) is 0 Å². The molecule has 0 heterocycles. The lowest BCUT2D eigenvalue weighted by Gasteiger charge is -2.19. The molecule has 0 aliphatic heterocycles. The summed E-state index contributed by atoms with van der Waals surface area (Å²) in [6.07, 6.45) is 5.19. The number of allylic oxidation sites excluding steroid dienone is 1. The van der Waals surface area contributed by atoms with E-state index in [1.54, 1.807) is 0 Å². The maximum atomic E-state index is 11.5. The third kappa shape index (κ3) is 6.70. The molecule has 0 aliphatic carbocycles. The molecule has 0 saturated heterocycles. The molecule has 0 unspecified atom stereocenters. The van der Waals surface area contributed by atoms with Crippen molar-refractivity contribution in [2.75, 3.05) is 0 Å². The van der Waals surface area contributed by atoms with E-state index in [0.29, 0.717) is 5.57 Å². The molecule has 0 aromatic heterocycles. The minimum absolute atomic E-state index is 0.200. The summed E-state index contributed by atoms with van der Waals surface area (Å²) in [5.74, 6) is -0.200. The van der Waals surface area contributed by atoms with Crippen LogP contribution < -0.4 is 0 Å². The molecule has 0 aromatic carbocycles. The van der Waals surface area contributed by atoms with Gasteiger partial charge >= 0.3 is 5.97 Å². The highest BCUT2D eigenvalue weighted by molar-refractivity contribution is 5.87. The van der Waals surface area contributed by atoms with Crippen LogP contribution in [0.4, 0.5) is 0 Å². The first-order valence-corrected chi connectivity index (χ1v) is 5.27. The van der Waals surface area contributed by atoms with Gasteiger partial charge in [-0.15, -0.1) is 0 Å². The van der Waals surface area contributed by atoms with Gasteiger partial charge in [0.05, 0.1) is 0 Å². The van der Waals surface area contributed by atoms with Crippen LogP contribution in [0.25, 0.3) is 0 Å². The lowest BCUT2D eigenvalue weighted by Crippen LogP contribution is -2.24. The maximum Gasteiger partial charge on any atom is 0.333 e. The van der Waals surface area contributed by atoms with E-state index >= 15 is 0 Å². The molecule has 2 heteroatoms. The first kappa shape index (κ1) is 13.2. The summed E-state index contributed by atoms with van der Waals surface area (Å²) in [6.45, 7) is 9.58. The third-order valence-corrected chi connectivity index (χ3v) is 1.73. The minimum Gasteiger partial charge on any atom is -0.457 e. The van der Waals surface area contributed by atoms with Gasteiger partial charge in [-0.3, -0.25) is 0 Å². The lowest BCUT2D eigenvalue weighted by molar-refractivity contribution is -0.149.